The molecule has 1 unspecified atom stereocenters. The molecule has 0 aliphatic heterocycles. The van der Waals surface area contributed by atoms with Crippen molar-refractivity contribution in [2.75, 3.05) is 5.73 Å². The van der Waals surface area contributed by atoms with E-state index in [1.165, 1.54) is 0 Å². The number of sulfonamides is 1. The van der Waals surface area contributed by atoms with Crippen LogP contribution in [0, 0.1) is 26.7 Å². The average molecular weight is 313 g/mol. The molecule has 21 heavy (non-hydrogen) atoms. The number of nitrogen functional groups attached to an aromatic ring is 1. The van der Waals surface area contributed by atoms with Crippen LogP contribution < -0.4 is 16.2 Å². The zero-order chi connectivity index (χ0) is 16.5. The zero-order valence-corrected chi connectivity index (χ0v) is 13.8. The molecule has 0 heterocycles. The molecule has 5 N–H and O–H groups in total. The summed E-state index contributed by atoms with van der Waals surface area (Å²) in [5.74, 6) is -0.954. The lowest BCUT2D eigenvalue weighted by molar-refractivity contribution is -0.120. The first-order chi connectivity index (χ1) is 9.49. The van der Waals surface area contributed by atoms with Crippen molar-refractivity contribution in [1.29, 1.82) is 0 Å². The molecule has 0 bridgehead atoms. The Morgan fingerprint density at radius 2 is 1.71 bits per heavy atom. The number of hydrogen-bond donors (Lipinski definition) is 3. The summed E-state index contributed by atoms with van der Waals surface area (Å²) in [5.41, 5.74) is 13.4. The van der Waals surface area contributed by atoms with Crippen LogP contribution in [0.2, 0.25) is 0 Å². The van der Waals surface area contributed by atoms with Crippen molar-refractivity contribution >= 4 is 21.6 Å². The highest BCUT2D eigenvalue weighted by Crippen LogP contribution is 2.28. The smallest absolute Gasteiger partial charge is 0.241 e. The maximum absolute atomic E-state index is 12.6. The third-order valence-corrected chi connectivity index (χ3v) is 5.32. The van der Waals surface area contributed by atoms with Gasteiger partial charge >= 0.3 is 0 Å². The Hall–Kier alpha value is -1.60. The second-order valence-electron chi connectivity index (χ2n) is 5.61. The molecule has 1 aromatic rings. The molecule has 7 heteroatoms. The van der Waals surface area contributed by atoms with E-state index in [1.807, 2.05) is 0 Å². The number of primary amides is 1. The Balaban J connectivity index is 3.42. The summed E-state index contributed by atoms with van der Waals surface area (Å²) in [6.45, 7) is 8.60. The molecule has 6 nitrogen and oxygen atoms in total. The third-order valence-electron chi connectivity index (χ3n) is 3.60. The fourth-order valence-electron chi connectivity index (χ4n) is 2.19. The van der Waals surface area contributed by atoms with E-state index in [9.17, 15) is 13.2 Å². The summed E-state index contributed by atoms with van der Waals surface area (Å²) >= 11 is 0. The van der Waals surface area contributed by atoms with Gasteiger partial charge in [-0.25, -0.2) is 8.42 Å². The second-order valence-corrected chi connectivity index (χ2v) is 7.26. The zero-order valence-electron chi connectivity index (χ0n) is 13.0. The number of nitrogens with two attached hydrogens (primary N) is 2. The standard InChI is InChI=1S/C14H23N3O3S/c1-7(2)12(14(16)18)17-21(19,20)13-9(4)8(3)6-11(15)10(13)5/h6-7,12,17H,15H2,1-5H3,(H2,16,18). The number of hydrogen-bond acceptors (Lipinski definition) is 4. The molecule has 118 valence electrons. The minimum atomic E-state index is -3.89. The molecule has 1 aromatic carbocycles. The van der Waals surface area contributed by atoms with Crippen LogP contribution in [0.4, 0.5) is 5.69 Å². The molecule has 0 fully saturated rings. The molecular weight excluding hydrogens is 290 g/mol. The van der Waals surface area contributed by atoms with E-state index in [0.717, 1.165) is 5.56 Å². The van der Waals surface area contributed by atoms with Crippen LogP contribution >= 0.6 is 0 Å². The molecular formula is C14H23N3O3S. The van der Waals surface area contributed by atoms with Crippen LogP contribution in [0.5, 0.6) is 0 Å². The van der Waals surface area contributed by atoms with E-state index in [0.29, 0.717) is 16.8 Å². The number of benzene rings is 1. The summed E-state index contributed by atoms with van der Waals surface area (Å²) in [6.07, 6.45) is 0. The van der Waals surface area contributed by atoms with Gasteiger partial charge in [-0.1, -0.05) is 13.8 Å². The predicted octanol–water partition coefficient (Wildman–Crippen LogP) is 0.982. The minimum absolute atomic E-state index is 0.118. The molecule has 1 amide bonds. The molecule has 0 saturated heterocycles. The van der Waals surface area contributed by atoms with E-state index in [4.69, 9.17) is 11.5 Å². The van der Waals surface area contributed by atoms with E-state index < -0.39 is 22.0 Å². The summed E-state index contributed by atoms with van der Waals surface area (Å²) in [5, 5.41) is 0. The van der Waals surface area contributed by atoms with Gasteiger partial charge in [0.2, 0.25) is 15.9 Å². The normalized spacial score (nSPS) is 13.4. The Kier molecular flexibility index (Phi) is 5.01. The first kappa shape index (κ1) is 17.5. The average Bonchev–Trinajstić information content (AvgIpc) is 2.33. The first-order valence-corrected chi connectivity index (χ1v) is 8.15. The molecule has 0 aliphatic carbocycles. The third kappa shape index (κ3) is 3.54. The van der Waals surface area contributed by atoms with Crippen LogP contribution in [0.1, 0.15) is 30.5 Å². The number of carbonyl (C=O) groups excluding carboxylic acids is 1. The van der Waals surface area contributed by atoms with Gasteiger partial charge in [-0.05, 0) is 49.4 Å². The Morgan fingerprint density at radius 1 is 1.19 bits per heavy atom. The number of carbonyl (C=O) groups is 1. The molecule has 0 radical (unpaired) electrons. The largest absolute Gasteiger partial charge is 0.398 e. The van der Waals surface area contributed by atoms with Crippen LogP contribution in [0.3, 0.4) is 0 Å². The molecule has 0 aliphatic rings. The topological polar surface area (TPSA) is 115 Å². The van der Waals surface area contributed by atoms with Gasteiger partial charge in [-0.2, -0.15) is 4.72 Å². The van der Waals surface area contributed by atoms with Gasteiger partial charge in [0.1, 0.15) is 6.04 Å². The highest BCUT2D eigenvalue weighted by atomic mass is 32.2. The number of nitrogens with one attached hydrogen (secondary N) is 1. The lowest BCUT2D eigenvalue weighted by atomic mass is 10.1. The summed E-state index contributed by atoms with van der Waals surface area (Å²) < 4.78 is 27.6. The van der Waals surface area contributed by atoms with E-state index in [1.54, 1.807) is 40.7 Å². The summed E-state index contributed by atoms with van der Waals surface area (Å²) in [7, 11) is -3.89. The van der Waals surface area contributed by atoms with Gasteiger partial charge in [0.25, 0.3) is 0 Å². The molecule has 0 spiro atoms. The van der Waals surface area contributed by atoms with Crippen molar-refractivity contribution < 1.29 is 13.2 Å². The number of amides is 1. The Labute approximate surface area is 126 Å². The van der Waals surface area contributed by atoms with Gasteiger partial charge in [0, 0.05) is 5.69 Å². The van der Waals surface area contributed by atoms with Crippen LogP contribution in [-0.4, -0.2) is 20.4 Å². The first-order valence-electron chi connectivity index (χ1n) is 6.67. The number of anilines is 1. The highest BCUT2D eigenvalue weighted by Gasteiger charge is 2.29. The quantitative estimate of drug-likeness (QED) is 0.703. The highest BCUT2D eigenvalue weighted by molar-refractivity contribution is 7.89. The Bertz CT molecular complexity index is 640. The molecule has 0 saturated carbocycles. The van der Waals surface area contributed by atoms with Crippen LogP contribution in [0.15, 0.2) is 11.0 Å². The van der Waals surface area contributed by atoms with Crippen molar-refractivity contribution in [3.8, 4) is 0 Å². The van der Waals surface area contributed by atoms with Crippen molar-refractivity contribution in [2.24, 2.45) is 11.7 Å². The maximum atomic E-state index is 12.6. The molecule has 1 atom stereocenters. The summed E-state index contributed by atoms with van der Waals surface area (Å²) in [4.78, 5) is 11.5. The van der Waals surface area contributed by atoms with Gasteiger partial charge in [-0.15, -0.1) is 0 Å². The van der Waals surface area contributed by atoms with Gasteiger partial charge in [-0.3, -0.25) is 4.79 Å². The second kappa shape index (κ2) is 6.03. The summed E-state index contributed by atoms with van der Waals surface area (Å²) in [6, 6.07) is 0.771. The lowest BCUT2D eigenvalue weighted by Gasteiger charge is -2.21. The number of aryl methyl sites for hydroxylation is 1. The SMILES string of the molecule is Cc1cc(N)c(C)c(S(=O)(=O)NC(C(N)=O)C(C)C)c1C. The van der Waals surface area contributed by atoms with Crippen molar-refractivity contribution in [3.05, 3.63) is 22.8 Å². The lowest BCUT2D eigenvalue weighted by Crippen LogP contribution is -2.47. The fraction of sp³-hybridized carbons (Fsp3) is 0.500. The van der Waals surface area contributed by atoms with Crippen LogP contribution in [-0.2, 0) is 14.8 Å². The van der Waals surface area contributed by atoms with Gasteiger partial charge < -0.3 is 11.5 Å². The van der Waals surface area contributed by atoms with E-state index in [-0.39, 0.29) is 10.8 Å². The van der Waals surface area contributed by atoms with Gasteiger partial charge in [0.05, 0.1) is 4.90 Å². The monoisotopic (exact) mass is 313 g/mol. The predicted molar refractivity (Wildman–Crippen MR) is 83.2 cm³/mol. The molecule has 0 aromatic heterocycles. The maximum Gasteiger partial charge on any atom is 0.241 e. The van der Waals surface area contributed by atoms with Crippen molar-refractivity contribution in [3.63, 3.8) is 0 Å². The van der Waals surface area contributed by atoms with Crippen molar-refractivity contribution in [2.45, 2.75) is 45.6 Å². The fourth-order valence-corrected chi connectivity index (χ4v) is 4.12. The molecule has 1 rings (SSSR count). The van der Waals surface area contributed by atoms with Crippen LogP contribution in [0.25, 0.3) is 0 Å². The minimum Gasteiger partial charge on any atom is -0.398 e. The van der Waals surface area contributed by atoms with Crippen molar-refractivity contribution in [1.82, 2.24) is 4.72 Å². The van der Waals surface area contributed by atoms with E-state index >= 15 is 0 Å². The van der Waals surface area contributed by atoms with E-state index in [2.05, 4.69) is 4.72 Å². The number of rotatable bonds is 5. The Morgan fingerprint density at radius 3 is 2.14 bits per heavy atom. The van der Waals surface area contributed by atoms with Gasteiger partial charge in [0.15, 0.2) is 0 Å².